The van der Waals surface area contributed by atoms with Crippen LogP contribution in [0.3, 0.4) is 0 Å². The van der Waals surface area contributed by atoms with Crippen LogP contribution in [0.1, 0.15) is 5.56 Å². The van der Waals surface area contributed by atoms with Crippen molar-refractivity contribution in [2.45, 2.75) is 6.61 Å². The van der Waals surface area contributed by atoms with Crippen molar-refractivity contribution in [3.63, 3.8) is 0 Å². The van der Waals surface area contributed by atoms with Crippen LogP contribution in [0.4, 0.5) is 4.79 Å². The highest BCUT2D eigenvalue weighted by Crippen LogP contribution is 2.05. The van der Waals surface area contributed by atoms with E-state index < -0.39 is 12.1 Å². The molecule has 0 saturated carbocycles. The van der Waals surface area contributed by atoms with Crippen LogP contribution in [0.25, 0.3) is 0 Å². The first-order valence-electron chi connectivity index (χ1n) is 8.13. The van der Waals surface area contributed by atoms with E-state index in [2.05, 4.69) is 16.8 Å². The van der Waals surface area contributed by atoms with Crippen molar-refractivity contribution in [3.8, 4) is 0 Å². The Bertz CT molecular complexity index is 530. The highest BCUT2D eigenvalue weighted by atomic mass is 16.6. The predicted octanol–water partition coefficient (Wildman–Crippen LogP) is 0.957. The van der Waals surface area contributed by atoms with Gasteiger partial charge in [0, 0.05) is 39.3 Å². The number of amides is 1. The van der Waals surface area contributed by atoms with Gasteiger partial charge in [-0.25, -0.2) is 4.79 Å². The van der Waals surface area contributed by atoms with E-state index in [1.807, 2.05) is 30.3 Å². The van der Waals surface area contributed by atoms with Gasteiger partial charge in [-0.1, -0.05) is 30.3 Å². The largest absolute Gasteiger partial charge is 0.480 e. The number of carbonyl (C=O) groups excluding carboxylic acids is 1. The first-order chi connectivity index (χ1) is 11.5. The summed E-state index contributed by atoms with van der Waals surface area (Å²) >= 11 is 0. The molecule has 1 aromatic rings. The smallest absolute Gasteiger partial charge is 0.410 e. The van der Waals surface area contributed by atoms with Gasteiger partial charge in [-0.3, -0.25) is 14.6 Å². The van der Waals surface area contributed by atoms with Crippen molar-refractivity contribution in [2.75, 3.05) is 52.9 Å². The molecular formula is C17H25N3O4. The molecule has 1 N–H and O–H groups in total. The summed E-state index contributed by atoms with van der Waals surface area (Å²) < 4.78 is 5.24. The third-order valence-corrected chi connectivity index (χ3v) is 4.07. The molecule has 0 unspecified atom stereocenters. The monoisotopic (exact) mass is 335 g/mol. The average Bonchev–Trinajstić information content (AvgIpc) is 2.58. The first kappa shape index (κ1) is 18.2. The summed E-state index contributed by atoms with van der Waals surface area (Å²) in [7, 11) is 2.08. The lowest BCUT2D eigenvalue weighted by atomic mass is 10.2. The minimum atomic E-state index is -1.04. The molecule has 1 fully saturated rings. The number of carboxylic acid groups (broad SMARTS) is 1. The summed E-state index contributed by atoms with van der Waals surface area (Å²) in [5, 5.41) is 9.02. The van der Waals surface area contributed by atoms with Gasteiger partial charge in [0.15, 0.2) is 0 Å². The molecule has 0 aromatic heterocycles. The number of aliphatic carboxylic acids is 1. The number of nitrogens with zero attached hydrogens (tertiary/aromatic N) is 3. The van der Waals surface area contributed by atoms with Gasteiger partial charge >= 0.3 is 12.1 Å². The van der Waals surface area contributed by atoms with E-state index in [-0.39, 0.29) is 13.2 Å². The summed E-state index contributed by atoms with van der Waals surface area (Å²) in [5.41, 5.74) is 0.875. The maximum absolute atomic E-state index is 12.2. The van der Waals surface area contributed by atoms with Crippen molar-refractivity contribution in [1.29, 1.82) is 0 Å². The van der Waals surface area contributed by atoms with Gasteiger partial charge in [-0.15, -0.1) is 0 Å². The van der Waals surface area contributed by atoms with E-state index in [0.29, 0.717) is 13.1 Å². The average molecular weight is 335 g/mol. The van der Waals surface area contributed by atoms with Gasteiger partial charge in [0.05, 0.1) is 0 Å². The number of ether oxygens (including phenoxy) is 1. The topological polar surface area (TPSA) is 73.3 Å². The van der Waals surface area contributed by atoms with Crippen molar-refractivity contribution < 1.29 is 19.4 Å². The number of carboxylic acids is 1. The van der Waals surface area contributed by atoms with Crippen LogP contribution >= 0.6 is 0 Å². The highest BCUT2D eigenvalue weighted by molar-refractivity contribution is 5.76. The zero-order valence-corrected chi connectivity index (χ0v) is 14.1. The van der Waals surface area contributed by atoms with E-state index in [1.54, 1.807) is 0 Å². The van der Waals surface area contributed by atoms with Gasteiger partial charge in [0.2, 0.25) is 0 Å². The second kappa shape index (κ2) is 9.24. The van der Waals surface area contributed by atoms with Crippen LogP contribution in [0.2, 0.25) is 0 Å². The first-order valence-corrected chi connectivity index (χ1v) is 8.13. The Morgan fingerprint density at radius 3 is 2.46 bits per heavy atom. The molecule has 1 aliphatic heterocycles. The molecule has 1 amide bonds. The fourth-order valence-corrected chi connectivity index (χ4v) is 2.54. The number of benzene rings is 1. The Labute approximate surface area is 142 Å². The molecule has 0 radical (unpaired) electrons. The van der Waals surface area contributed by atoms with E-state index in [0.717, 1.165) is 31.7 Å². The minimum Gasteiger partial charge on any atom is -0.480 e. The molecule has 1 aliphatic rings. The third-order valence-electron chi connectivity index (χ3n) is 4.07. The molecule has 0 atom stereocenters. The molecule has 1 saturated heterocycles. The SMILES string of the molecule is CN1CCN(CCN(CC(=O)O)C(=O)OCc2ccccc2)CC1. The number of likely N-dealkylation sites (N-methyl/N-ethyl adjacent to an activating group) is 1. The summed E-state index contributed by atoms with van der Waals surface area (Å²) in [6, 6.07) is 9.34. The number of carbonyl (C=O) groups is 2. The molecule has 132 valence electrons. The summed E-state index contributed by atoms with van der Waals surface area (Å²) in [6.45, 7) is 4.62. The Morgan fingerprint density at radius 1 is 1.17 bits per heavy atom. The van der Waals surface area contributed by atoms with Crippen LogP contribution in [0, 0.1) is 0 Å². The van der Waals surface area contributed by atoms with Crippen molar-refractivity contribution in [1.82, 2.24) is 14.7 Å². The van der Waals surface area contributed by atoms with Crippen LogP contribution in [-0.2, 0) is 16.1 Å². The van der Waals surface area contributed by atoms with Gasteiger partial charge in [-0.05, 0) is 12.6 Å². The van der Waals surface area contributed by atoms with E-state index in [9.17, 15) is 9.59 Å². The van der Waals surface area contributed by atoms with E-state index >= 15 is 0 Å². The number of piperazine rings is 1. The van der Waals surface area contributed by atoms with E-state index in [1.165, 1.54) is 4.90 Å². The zero-order valence-electron chi connectivity index (χ0n) is 14.1. The molecule has 24 heavy (non-hydrogen) atoms. The van der Waals surface area contributed by atoms with Gasteiger partial charge in [0.25, 0.3) is 0 Å². The van der Waals surface area contributed by atoms with Crippen molar-refractivity contribution in [2.24, 2.45) is 0 Å². The number of hydrogen-bond donors (Lipinski definition) is 1. The van der Waals surface area contributed by atoms with Crippen molar-refractivity contribution >= 4 is 12.1 Å². The minimum absolute atomic E-state index is 0.143. The molecule has 1 aromatic carbocycles. The van der Waals surface area contributed by atoms with Crippen LogP contribution < -0.4 is 0 Å². The lowest BCUT2D eigenvalue weighted by molar-refractivity contribution is -0.138. The number of hydrogen-bond acceptors (Lipinski definition) is 5. The molecule has 0 bridgehead atoms. The van der Waals surface area contributed by atoms with Gasteiger partial charge in [0.1, 0.15) is 13.2 Å². The Morgan fingerprint density at radius 2 is 1.83 bits per heavy atom. The zero-order chi connectivity index (χ0) is 17.4. The second-order valence-electron chi connectivity index (χ2n) is 6.00. The molecule has 7 nitrogen and oxygen atoms in total. The third kappa shape index (κ3) is 6.17. The maximum Gasteiger partial charge on any atom is 0.410 e. The summed E-state index contributed by atoms with van der Waals surface area (Å²) in [5.74, 6) is -1.04. The number of rotatable bonds is 7. The van der Waals surface area contributed by atoms with Crippen LogP contribution in [0.5, 0.6) is 0 Å². The molecule has 1 heterocycles. The second-order valence-corrected chi connectivity index (χ2v) is 6.00. The lowest BCUT2D eigenvalue weighted by Crippen LogP contribution is -2.48. The highest BCUT2D eigenvalue weighted by Gasteiger charge is 2.20. The lowest BCUT2D eigenvalue weighted by Gasteiger charge is -2.33. The fraction of sp³-hybridized carbons (Fsp3) is 0.529. The quantitative estimate of drug-likeness (QED) is 0.800. The Kier molecular flexibility index (Phi) is 7.02. The van der Waals surface area contributed by atoms with Crippen LogP contribution in [-0.4, -0.2) is 84.7 Å². The molecule has 2 rings (SSSR count). The van der Waals surface area contributed by atoms with Crippen LogP contribution in [0.15, 0.2) is 30.3 Å². The molecule has 0 spiro atoms. The fourth-order valence-electron chi connectivity index (χ4n) is 2.54. The van der Waals surface area contributed by atoms with Gasteiger partial charge in [-0.2, -0.15) is 0 Å². The Balaban J connectivity index is 1.82. The molecule has 0 aliphatic carbocycles. The Hall–Kier alpha value is -2.12. The summed E-state index contributed by atoms with van der Waals surface area (Å²) in [6.07, 6.45) is -0.588. The normalized spacial score (nSPS) is 15.9. The predicted molar refractivity (Wildman–Crippen MR) is 89.8 cm³/mol. The van der Waals surface area contributed by atoms with Crippen molar-refractivity contribution in [3.05, 3.63) is 35.9 Å². The summed E-state index contributed by atoms with van der Waals surface area (Å²) in [4.78, 5) is 28.9. The van der Waals surface area contributed by atoms with Gasteiger partial charge < -0.3 is 14.7 Å². The maximum atomic E-state index is 12.2. The van der Waals surface area contributed by atoms with E-state index in [4.69, 9.17) is 9.84 Å². The molecule has 7 heteroatoms. The molecular weight excluding hydrogens is 310 g/mol. The standard InChI is InChI=1S/C17H25N3O4/c1-18-7-9-19(10-8-18)11-12-20(13-16(21)22)17(23)24-14-15-5-3-2-4-6-15/h2-6H,7-14H2,1H3,(H,21,22).